The fraction of sp³-hybridized carbons (Fsp3) is 0.462. The zero-order chi connectivity index (χ0) is 14.0. The van der Waals surface area contributed by atoms with Gasteiger partial charge in [-0.1, -0.05) is 0 Å². The molecule has 102 valence electrons. The van der Waals surface area contributed by atoms with E-state index in [1.54, 1.807) is 19.2 Å². The largest absolute Gasteiger partial charge is 0.480 e. The van der Waals surface area contributed by atoms with Gasteiger partial charge in [0.05, 0.1) is 6.10 Å². The Morgan fingerprint density at radius 2 is 2.26 bits per heavy atom. The minimum Gasteiger partial charge on any atom is -0.480 e. The molecular formula is C13H16N2O4. The summed E-state index contributed by atoms with van der Waals surface area (Å²) in [4.78, 5) is 28.9. The summed E-state index contributed by atoms with van der Waals surface area (Å²) in [5.41, 5.74) is 1.22. The molecule has 1 aliphatic rings. The van der Waals surface area contributed by atoms with Gasteiger partial charge in [0.15, 0.2) is 0 Å². The van der Waals surface area contributed by atoms with E-state index in [9.17, 15) is 14.7 Å². The average Bonchev–Trinajstić information content (AvgIpc) is 2.83. The lowest BCUT2D eigenvalue weighted by Crippen LogP contribution is -2.40. The summed E-state index contributed by atoms with van der Waals surface area (Å²) in [7, 11) is 1.52. The summed E-state index contributed by atoms with van der Waals surface area (Å²) in [6, 6.07) is 0.779. The Morgan fingerprint density at radius 1 is 1.53 bits per heavy atom. The van der Waals surface area contributed by atoms with Crippen LogP contribution in [0.3, 0.4) is 0 Å². The van der Waals surface area contributed by atoms with Gasteiger partial charge in [0.25, 0.3) is 5.91 Å². The van der Waals surface area contributed by atoms with Crippen LogP contribution in [0.4, 0.5) is 0 Å². The van der Waals surface area contributed by atoms with Gasteiger partial charge in [0.2, 0.25) is 0 Å². The minimum atomic E-state index is -1.00. The van der Waals surface area contributed by atoms with E-state index in [0.29, 0.717) is 18.5 Å². The second-order valence-corrected chi connectivity index (χ2v) is 4.60. The number of pyridine rings is 1. The van der Waals surface area contributed by atoms with Crippen LogP contribution in [-0.2, 0) is 9.53 Å². The molecule has 19 heavy (non-hydrogen) atoms. The first-order valence-corrected chi connectivity index (χ1v) is 6.01. The number of aromatic nitrogens is 1. The Morgan fingerprint density at radius 3 is 2.84 bits per heavy atom. The van der Waals surface area contributed by atoms with E-state index in [0.717, 1.165) is 5.56 Å². The van der Waals surface area contributed by atoms with Crippen molar-refractivity contribution >= 4 is 11.9 Å². The third-order valence-corrected chi connectivity index (χ3v) is 3.39. The fourth-order valence-corrected chi connectivity index (χ4v) is 2.29. The zero-order valence-electron chi connectivity index (χ0n) is 10.9. The maximum atomic E-state index is 12.4. The van der Waals surface area contributed by atoms with Crippen molar-refractivity contribution in [3.05, 3.63) is 29.6 Å². The number of ether oxygens (including phenoxy) is 1. The lowest BCUT2D eigenvalue weighted by molar-refractivity contribution is -0.141. The van der Waals surface area contributed by atoms with Crippen molar-refractivity contribution in [2.45, 2.75) is 25.5 Å². The quantitative estimate of drug-likeness (QED) is 0.869. The van der Waals surface area contributed by atoms with Gasteiger partial charge < -0.3 is 14.7 Å². The smallest absolute Gasteiger partial charge is 0.326 e. The number of carbonyl (C=O) groups excluding carboxylic acids is 1. The molecule has 0 aliphatic carbocycles. The first-order chi connectivity index (χ1) is 9.04. The van der Waals surface area contributed by atoms with Crippen molar-refractivity contribution < 1.29 is 19.4 Å². The summed E-state index contributed by atoms with van der Waals surface area (Å²) in [6.07, 6.45) is 3.21. The van der Waals surface area contributed by atoms with Crippen LogP contribution >= 0.6 is 0 Å². The number of nitrogens with zero attached hydrogens (tertiary/aromatic N) is 2. The maximum absolute atomic E-state index is 12.4. The number of methoxy groups -OCH3 is 1. The molecule has 2 heterocycles. The van der Waals surface area contributed by atoms with Crippen LogP contribution in [0.2, 0.25) is 0 Å². The standard InChI is InChI=1S/C13H16N2O4/c1-8-6-14-4-3-10(8)12(16)15-7-9(19-2)5-11(15)13(17)18/h3-4,6,9,11H,5,7H2,1-2H3,(H,17,18). The predicted octanol–water partition coefficient (Wildman–Crippen LogP) is 0.704. The molecular weight excluding hydrogens is 248 g/mol. The molecule has 1 fully saturated rings. The molecule has 1 N–H and O–H groups in total. The monoisotopic (exact) mass is 264 g/mol. The summed E-state index contributed by atoms with van der Waals surface area (Å²) in [5.74, 6) is -1.29. The van der Waals surface area contributed by atoms with E-state index in [4.69, 9.17) is 4.74 Å². The first-order valence-electron chi connectivity index (χ1n) is 6.01. The Hall–Kier alpha value is -1.95. The van der Waals surface area contributed by atoms with Gasteiger partial charge in [-0.2, -0.15) is 0 Å². The number of hydrogen-bond donors (Lipinski definition) is 1. The molecule has 0 saturated carbocycles. The molecule has 1 amide bonds. The van der Waals surface area contributed by atoms with Gasteiger partial charge in [-0.3, -0.25) is 9.78 Å². The van der Waals surface area contributed by atoms with Crippen molar-refractivity contribution in [2.75, 3.05) is 13.7 Å². The molecule has 0 aromatic carbocycles. The Balaban J connectivity index is 2.27. The number of carbonyl (C=O) groups is 2. The predicted molar refractivity (Wildman–Crippen MR) is 66.8 cm³/mol. The third kappa shape index (κ3) is 2.58. The van der Waals surface area contributed by atoms with Crippen molar-refractivity contribution in [3.63, 3.8) is 0 Å². The Kier molecular flexibility index (Phi) is 3.80. The Labute approximate surface area is 111 Å². The maximum Gasteiger partial charge on any atom is 0.326 e. The first kappa shape index (κ1) is 13.5. The summed E-state index contributed by atoms with van der Waals surface area (Å²) in [6.45, 7) is 2.08. The van der Waals surface area contributed by atoms with Crippen LogP contribution in [0.25, 0.3) is 0 Å². The molecule has 1 aromatic rings. The number of amides is 1. The number of aliphatic carboxylic acids is 1. The highest BCUT2D eigenvalue weighted by molar-refractivity contribution is 5.98. The summed E-state index contributed by atoms with van der Waals surface area (Å²) < 4.78 is 5.17. The molecule has 2 atom stereocenters. The number of carboxylic acids is 1. The van der Waals surface area contributed by atoms with Gasteiger partial charge >= 0.3 is 5.97 Å². The zero-order valence-corrected chi connectivity index (χ0v) is 10.9. The van der Waals surface area contributed by atoms with Crippen LogP contribution in [0.15, 0.2) is 18.5 Å². The average molecular weight is 264 g/mol. The number of aryl methyl sites for hydroxylation is 1. The van der Waals surface area contributed by atoms with Crippen LogP contribution < -0.4 is 0 Å². The van der Waals surface area contributed by atoms with E-state index < -0.39 is 12.0 Å². The van der Waals surface area contributed by atoms with Crippen molar-refractivity contribution in [3.8, 4) is 0 Å². The summed E-state index contributed by atoms with van der Waals surface area (Å²) in [5, 5.41) is 9.20. The highest BCUT2D eigenvalue weighted by Gasteiger charge is 2.40. The molecule has 0 radical (unpaired) electrons. The molecule has 6 nitrogen and oxygen atoms in total. The normalized spacial score (nSPS) is 22.5. The molecule has 0 spiro atoms. The number of rotatable bonds is 3. The van der Waals surface area contributed by atoms with E-state index in [2.05, 4.69) is 4.98 Å². The number of likely N-dealkylation sites (tertiary alicyclic amines) is 1. The number of carboxylic acid groups (broad SMARTS) is 1. The topological polar surface area (TPSA) is 79.7 Å². The molecule has 2 rings (SSSR count). The fourth-order valence-electron chi connectivity index (χ4n) is 2.29. The van der Waals surface area contributed by atoms with Crippen LogP contribution in [0.5, 0.6) is 0 Å². The van der Waals surface area contributed by atoms with Gasteiger partial charge in [-0.05, 0) is 18.6 Å². The molecule has 1 saturated heterocycles. The molecule has 1 aliphatic heterocycles. The molecule has 1 aromatic heterocycles. The van der Waals surface area contributed by atoms with Crippen molar-refractivity contribution in [2.24, 2.45) is 0 Å². The summed E-state index contributed by atoms with van der Waals surface area (Å²) >= 11 is 0. The van der Waals surface area contributed by atoms with E-state index in [-0.39, 0.29) is 12.0 Å². The number of hydrogen-bond acceptors (Lipinski definition) is 4. The van der Waals surface area contributed by atoms with Crippen molar-refractivity contribution in [1.82, 2.24) is 9.88 Å². The van der Waals surface area contributed by atoms with Gasteiger partial charge in [-0.15, -0.1) is 0 Å². The van der Waals surface area contributed by atoms with Crippen molar-refractivity contribution in [1.29, 1.82) is 0 Å². The van der Waals surface area contributed by atoms with E-state index >= 15 is 0 Å². The van der Waals surface area contributed by atoms with Crippen LogP contribution in [-0.4, -0.2) is 52.7 Å². The molecule has 6 heteroatoms. The Bertz CT molecular complexity index is 503. The molecule has 0 bridgehead atoms. The van der Waals surface area contributed by atoms with Crippen LogP contribution in [0, 0.1) is 6.92 Å². The van der Waals surface area contributed by atoms with E-state index in [1.807, 2.05) is 0 Å². The van der Waals surface area contributed by atoms with Gasteiger partial charge in [0.1, 0.15) is 6.04 Å². The second-order valence-electron chi connectivity index (χ2n) is 4.60. The molecule has 2 unspecified atom stereocenters. The third-order valence-electron chi connectivity index (χ3n) is 3.39. The highest BCUT2D eigenvalue weighted by Crippen LogP contribution is 2.23. The second kappa shape index (κ2) is 5.36. The minimum absolute atomic E-state index is 0.229. The lowest BCUT2D eigenvalue weighted by atomic mass is 10.1. The van der Waals surface area contributed by atoms with Gasteiger partial charge in [0, 0.05) is 38.0 Å². The van der Waals surface area contributed by atoms with Gasteiger partial charge in [-0.25, -0.2) is 4.79 Å². The lowest BCUT2D eigenvalue weighted by Gasteiger charge is -2.21. The van der Waals surface area contributed by atoms with Crippen LogP contribution in [0.1, 0.15) is 22.3 Å². The SMILES string of the molecule is COC1CC(C(=O)O)N(C(=O)c2ccncc2C)C1. The van der Waals surface area contributed by atoms with E-state index in [1.165, 1.54) is 18.2 Å². The highest BCUT2D eigenvalue weighted by atomic mass is 16.5.